The van der Waals surface area contributed by atoms with Gasteiger partial charge in [-0.15, -0.1) is 0 Å². The summed E-state index contributed by atoms with van der Waals surface area (Å²) in [6.07, 6.45) is 4.10. The van der Waals surface area contributed by atoms with Crippen LogP contribution in [0.2, 0.25) is 0 Å². The monoisotopic (exact) mass is 257 g/mol. The minimum absolute atomic E-state index is 0.0514. The standard InChI is InChI=1S/C15H19N3O/c1-18-14(10-6-8-11(16)9-7-10)17-13-5-3-2-4-12(13)15(18)19/h2-5,10-11H,6-9,16H2,1H3. The summed E-state index contributed by atoms with van der Waals surface area (Å²) in [5.41, 5.74) is 6.80. The van der Waals surface area contributed by atoms with Crippen LogP contribution in [-0.4, -0.2) is 15.6 Å². The van der Waals surface area contributed by atoms with Gasteiger partial charge in [0.1, 0.15) is 5.82 Å². The number of fused-ring (bicyclic) bond motifs is 1. The zero-order valence-electron chi connectivity index (χ0n) is 11.2. The Balaban J connectivity index is 2.09. The lowest BCUT2D eigenvalue weighted by atomic mass is 9.85. The van der Waals surface area contributed by atoms with E-state index < -0.39 is 0 Å². The molecule has 1 aliphatic rings. The second-order valence-electron chi connectivity index (χ2n) is 5.46. The highest BCUT2D eigenvalue weighted by Gasteiger charge is 2.23. The van der Waals surface area contributed by atoms with Gasteiger partial charge in [-0.05, 0) is 37.8 Å². The Bertz CT molecular complexity index is 654. The van der Waals surface area contributed by atoms with Crippen LogP contribution >= 0.6 is 0 Å². The summed E-state index contributed by atoms with van der Waals surface area (Å²) in [6, 6.07) is 7.87. The van der Waals surface area contributed by atoms with E-state index in [0.29, 0.717) is 17.3 Å². The van der Waals surface area contributed by atoms with Gasteiger partial charge in [0, 0.05) is 19.0 Å². The van der Waals surface area contributed by atoms with E-state index in [4.69, 9.17) is 10.7 Å². The maximum absolute atomic E-state index is 12.4. The molecule has 2 aromatic rings. The van der Waals surface area contributed by atoms with E-state index in [1.165, 1.54) is 0 Å². The lowest BCUT2D eigenvalue weighted by Gasteiger charge is -2.26. The molecule has 0 spiro atoms. The minimum atomic E-state index is 0.0514. The van der Waals surface area contributed by atoms with Crippen molar-refractivity contribution in [1.82, 2.24) is 9.55 Å². The minimum Gasteiger partial charge on any atom is -0.328 e. The fourth-order valence-corrected chi connectivity index (χ4v) is 2.98. The van der Waals surface area contributed by atoms with Crippen LogP contribution in [0.1, 0.15) is 37.4 Å². The molecule has 1 saturated carbocycles. The molecule has 1 aromatic heterocycles. The fraction of sp³-hybridized carbons (Fsp3) is 0.467. The second-order valence-corrected chi connectivity index (χ2v) is 5.46. The highest BCUT2D eigenvalue weighted by atomic mass is 16.1. The number of nitrogens with two attached hydrogens (primary N) is 1. The third-order valence-electron chi connectivity index (χ3n) is 4.15. The van der Waals surface area contributed by atoms with Crippen molar-refractivity contribution in [2.24, 2.45) is 12.8 Å². The molecule has 1 heterocycles. The number of para-hydroxylation sites is 1. The average Bonchev–Trinajstić information content (AvgIpc) is 2.44. The van der Waals surface area contributed by atoms with Gasteiger partial charge in [-0.3, -0.25) is 9.36 Å². The number of benzene rings is 1. The highest BCUT2D eigenvalue weighted by molar-refractivity contribution is 5.77. The molecule has 1 aliphatic carbocycles. The number of nitrogens with zero attached hydrogens (tertiary/aromatic N) is 2. The van der Waals surface area contributed by atoms with Crippen LogP contribution in [-0.2, 0) is 7.05 Å². The fourth-order valence-electron chi connectivity index (χ4n) is 2.98. The van der Waals surface area contributed by atoms with E-state index >= 15 is 0 Å². The molecule has 1 fully saturated rings. The van der Waals surface area contributed by atoms with Gasteiger partial charge in [-0.1, -0.05) is 12.1 Å². The van der Waals surface area contributed by atoms with Crippen molar-refractivity contribution in [3.8, 4) is 0 Å². The van der Waals surface area contributed by atoms with E-state index in [0.717, 1.165) is 37.0 Å². The first-order chi connectivity index (χ1) is 9.16. The summed E-state index contributed by atoms with van der Waals surface area (Å²) in [5, 5.41) is 0.696. The summed E-state index contributed by atoms with van der Waals surface area (Å²) < 4.78 is 1.71. The van der Waals surface area contributed by atoms with Gasteiger partial charge >= 0.3 is 0 Å². The number of rotatable bonds is 1. The molecule has 4 nitrogen and oxygen atoms in total. The average molecular weight is 257 g/mol. The molecule has 0 atom stereocenters. The molecule has 0 saturated heterocycles. The van der Waals surface area contributed by atoms with E-state index in [1.807, 2.05) is 31.3 Å². The quantitative estimate of drug-likeness (QED) is 0.849. The van der Waals surface area contributed by atoms with Crippen LogP contribution in [0.3, 0.4) is 0 Å². The molecule has 0 radical (unpaired) electrons. The van der Waals surface area contributed by atoms with Crippen LogP contribution in [0.15, 0.2) is 29.1 Å². The van der Waals surface area contributed by atoms with Crippen molar-refractivity contribution >= 4 is 10.9 Å². The molecule has 0 aliphatic heterocycles. The van der Waals surface area contributed by atoms with Crippen molar-refractivity contribution in [3.05, 3.63) is 40.4 Å². The molecule has 19 heavy (non-hydrogen) atoms. The van der Waals surface area contributed by atoms with Gasteiger partial charge in [0.2, 0.25) is 0 Å². The number of hydrogen-bond acceptors (Lipinski definition) is 3. The van der Waals surface area contributed by atoms with Crippen LogP contribution in [0.4, 0.5) is 0 Å². The molecule has 0 amide bonds. The lowest BCUT2D eigenvalue weighted by Crippen LogP contribution is -2.30. The third kappa shape index (κ3) is 2.16. The van der Waals surface area contributed by atoms with Crippen molar-refractivity contribution < 1.29 is 0 Å². The van der Waals surface area contributed by atoms with E-state index in [2.05, 4.69) is 0 Å². The summed E-state index contributed by atoms with van der Waals surface area (Å²) in [6.45, 7) is 0. The van der Waals surface area contributed by atoms with Crippen LogP contribution in [0.25, 0.3) is 10.9 Å². The third-order valence-corrected chi connectivity index (χ3v) is 4.15. The topological polar surface area (TPSA) is 60.9 Å². The Morgan fingerprint density at radius 1 is 1.21 bits per heavy atom. The first-order valence-corrected chi connectivity index (χ1v) is 6.88. The van der Waals surface area contributed by atoms with Crippen molar-refractivity contribution in [1.29, 1.82) is 0 Å². The van der Waals surface area contributed by atoms with Gasteiger partial charge in [0.25, 0.3) is 5.56 Å². The Labute approximate surface area is 112 Å². The molecule has 4 heteroatoms. The van der Waals surface area contributed by atoms with Crippen molar-refractivity contribution in [3.63, 3.8) is 0 Å². The highest BCUT2D eigenvalue weighted by Crippen LogP contribution is 2.30. The lowest BCUT2D eigenvalue weighted by molar-refractivity contribution is 0.377. The number of hydrogen-bond donors (Lipinski definition) is 1. The van der Waals surface area contributed by atoms with Gasteiger partial charge in [-0.25, -0.2) is 4.98 Å². The first kappa shape index (κ1) is 12.4. The predicted octanol–water partition coefficient (Wildman–Crippen LogP) is 1.92. The predicted molar refractivity (Wildman–Crippen MR) is 76.2 cm³/mol. The van der Waals surface area contributed by atoms with E-state index in [-0.39, 0.29) is 5.56 Å². The zero-order valence-corrected chi connectivity index (χ0v) is 11.2. The van der Waals surface area contributed by atoms with Gasteiger partial charge in [0.05, 0.1) is 10.9 Å². The maximum atomic E-state index is 12.4. The Morgan fingerprint density at radius 3 is 2.63 bits per heavy atom. The van der Waals surface area contributed by atoms with Crippen molar-refractivity contribution in [2.45, 2.75) is 37.6 Å². The Morgan fingerprint density at radius 2 is 1.89 bits per heavy atom. The van der Waals surface area contributed by atoms with E-state index in [1.54, 1.807) is 4.57 Å². The molecule has 1 aromatic carbocycles. The van der Waals surface area contributed by atoms with Crippen LogP contribution in [0, 0.1) is 0 Å². The molecular formula is C15H19N3O. The van der Waals surface area contributed by atoms with Gasteiger partial charge in [-0.2, -0.15) is 0 Å². The van der Waals surface area contributed by atoms with E-state index in [9.17, 15) is 4.79 Å². The van der Waals surface area contributed by atoms with Gasteiger partial charge < -0.3 is 5.73 Å². The smallest absolute Gasteiger partial charge is 0.261 e. The normalized spacial score (nSPS) is 23.7. The maximum Gasteiger partial charge on any atom is 0.261 e. The first-order valence-electron chi connectivity index (χ1n) is 6.88. The summed E-state index contributed by atoms with van der Waals surface area (Å²) in [7, 11) is 1.83. The molecule has 100 valence electrons. The number of aromatic nitrogens is 2. The summed E-state index contributed by atoms with van der Waals surface area (Å²) in [4.78, 5) is 17.1. The molecule has 0 bridgehead atoms. The zero-order chi connectivity index (χ0) is 13.4. The SMILES string of the molecule is Cn1c(C2CCC(N)CC2)nc2ccccc2c1=O. The molecule has 2 N–H and O–H groups in total. The Hall–Kier alpha value is -1.68. The van der Waals surface area contributed by atoms with Gasteiger partial charge in [0.15, 0.2) is 0 Å². The molecule has 0 unspecified atom stereocenters. The Kier molecular flexibility index (Phi) is 3.11. The summed E-state index contributed by atoms with van der Waals surface area (Å²) in [5.74, 6) is 1.28. The molecular weight excluding hydrogens is 238 g/mol. The largest absolute Gasteiger partial charge is 0.328 e. The van der Waals surface area contributed by atoms with Crippen LogP contribution < -0.4 is 11.3 Å². The second kappa shape index (κ2) is 4.78. The summed E-state index contributed by atoms with van der Waals surface area (Å²) >= 11 is 0. The van der Waals surface area contributed by atoms with Crippen LogP contribution in [0.5, 0.6) is 0 Å². The molecule has 3 rings (SSSR count). The van der Waals surface area contributed by atoms with Crippen molar-refractivity contribution in [2.75, 3.05) is 0 Å².